The van der Waals surface area contributed by atoms with Crippen molar-refractivity contribution >= 4 is 24.1 Å². The summed E-state index contributed by atoms with van der Waals surface area (Å²) in [6, 6.07) is 3.38. The molecule has 1 aromatic carbocycles. The Hall–Kier alpha value is -1.39. The first-order valence-electron chi connectivity index (χ1n) is 6.33. The first-order chi connectivity index (χ1) is 9.17. The first kappa shape index (κ1) is 12.6. The van der Waals surface area contributed by atoms with E-state index in [1.807, 2.05) is 0 Å². The number of ether oxygens (including phenoxy) is 1. The van der Waals surface area contributed by atoms with Gasteiger partial charge >= 0.3 is 0 Å². The summed E-state index contributed by atoms with van der Waals surface area (Å²) in [6.45, 7) is 2.15. The number of rotatable bonds is 4. The summed E-state index contributed by atoms with van der Waals surface area (Å²) in [4.78, 5) is 11.0. The van der Waals surface area contributed by atoms with Crippen LogP contribution in [0.4, 0.5) is 0 Å². The molecule has 2 aliphatic rings. The van der Waals surface area contributed by atoms with Crippen LogP contribution in [-0.4, -0.2) is 31.7 Å². The Balaban J connectivity index is 1.77. The van der Waals surface area contributed by atoms with Gasteiger partial charge in [-0.1, -0.05) is 11.6 Å². The molecule has 1 saturated heterocycles. The van der Waals surface area contributed by atoms with E-state index < -0.39 is 0 Å². The van der Waals surface area contributed by atoms with Gasteiger partial charge in [-0.3, -0.25) is 4.79 Å². The number of benzene rings is 1. The van der Waals surface area contributed by atoms with Crippen LogP contribution in [0.2, 0.25) is 5.02 Å². The molecule has 100 valence electrons. The lowest BCUT2D eigenvalue weighted by Gasteiger charge is -2.53. The van der Waals surface area contributed by atoms with Crippen molar-refractivity contribution in [1.29, 1.82) is 5.41 Å². The Kier molecular flexibility index (Phi) is 3.07. The minimum atomic E-state index is 0.182. The summed E-state index contributed by atoms with van der Waals surface area (Å²) in [5.41, 5.74) is 1.23. The maximum absolute atomic E-state index is 11.0. The van der Waals surface area contributed by atoms with Gasteiger partial charge in [-0.05, 0) is 25.0 Å². The molecule has 4 nitrogen and oxygen atoms in total. The maximum Gasteiger partial charge on any atom is 0.152 e. The molecule has 0 aromatic heterocycles. The molecular formula is C14H15ClN2O2. The van der Waals surface area contributed by atoms with Crippen LogP contribution in [0.3, 0.4) is 0 Å². The Morgan fingerprint density at radius 3 is 2.63 bits per heavy atom. The van der Waals surface area contributed by atoms with Crippen molar-refractivity contribution in [2.45, 2.75) is 18.9 Å². The quantitative estimate of drug-likeness (QED) is 0.656. The second-order valence-corrected chi connectivity index (χ2v) is 5.79. The highest BCUT2D eigenvalue weighted by atomic mass is 35.5. The Bertz CT molecular complexity index is 532. The second kappa shape index (κ2) is 4.62. The molecule has 0 atom stereocenters. The summed E-state index contributed by atoms with van der Waals surface area (Å²) < 4.78 is 5.90. The average molecular weight is 279 g/mol. The first-order valence-corrected chi connectivity index (χ1v) is 6.71. The lowest BCUT2D eigenvalue weighted by atomic mass is 9.63. The lowest BCUT2D eigenvalue weighted by molar-refractivity contribution is -0.0495. The van der Waals surface area contributed by atoms with Gasteiger partial charge in [0.1, 0.15) is 5.75 Å². The number of aldehydes is 1. The summed E-state index contributed by atoms with van der Waals surface area (Å²) in [7, 11) is 0. The number of halogens is 1. The van der Waals surface area contributed by atoms with Gasteiger partial charge < -0.3 is 15.5 Å². The van der Waals surface area contributed by atoms with E-state index >= 15 is 0 Å². The highest BCUT2D eigenvalue weighted by Crippen LogP contribution is 2.46. The molecule has 0 amide bonds. The van der Waals surface area contributed by atoms with E-state index in [-0.39, 0.29) is 6.10 Å². The van der Waals surface area contributed by atoms with Crippen molar-refractivity contribution in [2.75, 3.05) is 13.1 Å². The number of carbonyl (C=O) groups is 1. The van der Waals surface area contributed by atoms with Gasteiger partial charge in [0.05, 0.1) is 11.1 Å². The van der Waals surface area contributed by atoms with Crippen molar-refractivity contribution < 1.29 is 9.53 Å². The van der Waals surface area contributed by atoms with E-state index in [1.54, 1.807) is 12.1 Å². The van der Waals surface area contributed by atoms with E-state index in [9.17, 15) is 4.79 Å². The molecule has 0 unspecified atom stereocenters. The highest BCUT2D eigenvalue weighted by molar-refractivity contribution is 6.33. The molecule has 2 fully saturated rings. The summed E-state index contributed by atoms with van der Waals surface area (Å²) in [5.74, 6) is 0.577. The Labute approximate surface area is 116 Å². The molecule has 1 aliphatic carbocycles. The minimum Gasteiger partial charge on any atom is -0.490 e. The number of hydrogen-bond donors (Lipinski definition) is 2. The van der Waals surface area contributed by atoms with Gasteiger partial charge in [-0.15, -0.1) is 0 Å². The van der Waals surface area contributed by atoms with Crippen LogP contribution in [0.15, 0.2) is 12.1 Å². The average Bonchev–Trinajstić information content (AvgIpc) is 2.31. The zero-order valence-electron chi connectivity index (χ0n) is 10.4. The number of hydrogen-bond acceptors (Lipinski definition) is 4. The van der Waals surface area contributed by atoms with Gasteiger partial charge in [0, 0.05) is 35.8 Å². The summed E-state index contributed by atoms with van der Waals surface area (Å²) in [5, 5.41) is 11.1. The van der Waals surface area contributed by atoms with Gasteiger partial charge in [0.2, 0.25) is 0 Å². The lowest BCUT2D eigenvalue weighted by Crippen LogP contribution is -2.62. The van der Waals surface area contributed by atoms with Gasteiger partial charge in [-0.2, -0.15) is 0 Å². The molecule has 1 heterocycles. The fourth-order valence-electron chi connectivity index (χ4n) is 2.90. The van der Waals surface area contributed by atoms with E-state index in [0.29, 0.717) is 33.6 Å². The van der Waals surface area contributed by atoms with Crippen LogP contribution >= 0.6 is 11.6 Å². The molecule has 1 aliphatic heterocycles. The second-order valence-electron chi connectivity index (χ2n) is 5.39. The minimum absolute atomic E-state index is 0.182. The molecule has 0 bridgehead atoms. The fourth-order valence-corrected chi connectivity index (χ4v) is 3.11. The van der Waals surface area contributed by atoms with Crippen LogP contribution in [0.1, 0.15) is 28.8 Å². The van der Waals surface area contributed by atoms with Crippen LogP contribution in [-0.2, 0) is 0 Å². The SMILES string of the molecule is N=Cc1c(OC2CC3(CNC3)C2)ccc(Cl)c1C=O. The van der Waals surface area contributed by atoms with Crippen LogP contribution in [0.5, 0.6) is 5.75 Å². The van der Waals surface area contributed by atoms with Crippen LogP contribution < -0.4 is 10.1 Å². The monoisotopic (exact) mass is 278 g/mol. The third-order valence-corrected chi connectivity index (χ3v) is 4.40. The van der Waals surface area contributed by atoms with Crippen LogP contribution in [0, 0.1) is 10.8 Å². The normalized spacial score (nSPS) is 20.5. The molecule has 1 saturated carbocycles. The van der Waals surface area contributed by atoms with Gasteiger partial charge in [0.15, 0.2) is 6.29 Å². The zero-order chi connectivity index (χ0) is 13.5. The zero-order valence-corrected chi connectivity index (χ0v) is 11.2. The highest BCUT2D eigenvalue weighted by Gasteiger charge is 2.49. The molecule has 3 rings (SSSR count). The topological polar surface area (TPSA) is 62.2 Å². The predicted molar refractivity (Wildman–Crippen MR) is 73.7 cm³/mol. The van der Waals surface area contributed by atoms with Crippen molar-refractivity contribution in [3.8, 4) is 5.75 Å². The Morgan fingerprint density at radius 2 is 2.11 bits per heavy atom. The molecule has 19 heavy (non-hydrogen) atoms. The van der Waals surface area contributed by atoms with Gasteiger partial charge in [0.25, 0.3) is 0 Å². The molecule has 1 spiro atoms. The Morgan fingerprint density at radius 1 is 1.37 bits per heavy atom. The summed E-state index contributed by atoms with van der Waals surface area (Å²) in [6.07, 6.45) is 4.06. The standard InChI is InChI=1S/C14H15ClN2O2/c15-12-1-2-13(10(5-16)11(12)6-18)19-9-3-14(4-9)7-17-8-14/h1-2,5-6,9,16-17H,3-4,7-8H2. The van der Waals surface area contributed by atoms with Gasteiger partial charge in [-0.25, -0.2) is 0 Å². The van der Waals surface area contributed by atoms with E-state index in [1.165, 1.54) is 0 Å². The predicted octanol–water partition coefficient (Wildman–Crippen LogP) is 2.28. The van der Waals surface area contributed by atoms with Crippen LogP contribution in [0.25, 0.3) is 0 Å². The maximum atomic E-state index is 11.0. The molecule has 0 radical (unpaired) electrons. The number of carbonyl (C=O) groups excluding carboxylic acids is 1. The molecule has 1 aromatic rings. The smallest absolute Gasteiger partial charge is 0.152 e. The molecular weight excluding hydrogens is 264 g/mol. The molecule has 5 heteroatoms. The van der Waals surface area contributed by atoms with Crippen molar-refractivity contribution in [2.24, 2.45) is 5.41 Å². The third kappa shape index (κ3) is 2.05. The molecule has 2 N–H and O–H groups in total. The van der Waals surface area contributed by atoms with Crippen molar-refractivity contribution in [3.63, 3.8) is 0 Å². The third-order valence-electron chi connectivity index (χ3n) is 4.07. The number of nitrogens with one attached hydrogen (secondary N) is 2. The summed E-state index contributed by atoms with van der Waals surface area (Å²) >= 11 is 5.94. The van der Waals surface area contributed by atoms with Crippen molar-refractivity contribution in [3.05, 3.63) is 28.3 Å². The fraction of sp³-hybridized carbons (Fsp3) is 0.429. The van der Waals surface area contributed by atoms with Crippen molar-refractivity contribution in [1.82, 2.24) is 5.32 Å². The van der Waals surface area contributed by atoms with E-state index in [2.05, 4.69) is 5.32 Å². The van der Waals surface area contributed by atoms with E-state index in [4.69, 9.17) is 21.7 Å². The largest absolute Gasteiger partial charge is 0.490 e. The van der Waals surface area contributed by atoms with E-state index in [0.717, 1.165) is 32.1 Å².